The highest BCUT2D eigenvalue weighted by Gasteiger charge is 2.09. The Morgan fingerprint density at radius 2 is 1.15 bits per heavy atom. The quantitative estimate of drug-likeness (QED) is 0.296. The van der Waals surface area contributed by atoms with Crippen LogP contribution in [-0.4, -0.2) is 47.3 Å². The van der Waals surface area contributed by atoms with Crippen LogP contribution in [0, 0.1) is 0 Å². The molecule has 0 radical (unpaired) electrons. The van der Waals surface area contributed by atoms with Crippen LogP contribution in [0.25, 0.3) is 0 Å². The monoisotopic (exact) mass is 314 g/mol. The third-order valence-corrected chi connectivity index (χ3v) is 2.32. The van der Waals surface area contributed by atoms with Gasteiger partial charge in [0.15, 0.2) is 0 Å². The standard InChI is InChI=1S/C6H14N2O2.C5H12N2O2.ClH/c7-4-2-1-3-5(8)6(9)10;6-3-1-2-4(7)5(8)9;/h5H,1-4,7-8H2,(H,9,10);4H,1-3,6-7H2,(H,8,9);1H/t5-;4-;/m00./s1. The van der Waals surface area contributed by atoms with Gasteiger partial charge in [0.25, 0.3) is 0 Å². The molecular formula is C11H27ClN4O4. The first-order valence-corrected chi connectivity index (χ1v) is 6.23. The molecule has 0 fully saturated rings. The van der Waals surface area contributed by atoms with Crippen LogP contribution >= 0.6 is 12.4 Å². The lowest BCUT2D eigenvalue weighted by molar-refractivity contribution is -0.139. The SMILES string of the molecule is Cl.NCCCC[C@H](N)C(=O)O.NCCC[C@H](N)C(=O)O. The normalized spacial score (nSPS) is 12.4. The highest BCUT2D eigenvalue weighted by atomic mass is 35.5. The van der Waals surface area contributed by atoms with Crippen molar-refractivity contribution < 1.29 is 19.8 Å². The molecule has 0 bridgehead atoms. The number of carbonyl (C=O) groups is 2. The maximum Gasteiger partial charge on any atom is 0.320 e. The van der Waals surface area contributed by atoms with Crippen LogP contribution in [-0.2, 0) is 9.59 Å². The van der Waals surface area contributed by atoms with E-state index in [0.717, 1.165) is 12.8 Å². The van der Waals surface area contributed by atoms with E-state index in [2.05, 4.69) is 0 Å². The van der Waals surface area contributed by atoms with Gasteiger partial charge < -0.3 is 33.1 Å². The summed E-state index contributed by atoms with van der Waals surface area (Å²) in [6.07, 6.45) is 3.30. The van der Waals surface area contributed by atoms with E-state index in [1.165, 1.54) is 0 Å². The van der Waals surface area contributed by atoms with Gasteiger partial charge >= 0.3 is 11.9 Å². The lowest BCUT2D eigenvalue weighted by atomic mass is 10.1. The summed E-state index contributed by atoms with van der Waals surface area (Å²) in [6.45, 7) is 1.10. The van der Waals surface area contributed by atoms with Gasteiger partial charge in [0.1, 0.15) is 12.1 Å². The number of halogens is 1. The van der Waals surface area contributed by atoms with Gasteiger partial charge in [0.05, 0.1) is 0 Å². The summed E-state index contributed by atoms with van der Waals surface area (Å²) >= 11 is 0. The topological polar surface area (TPSA) is 179 Å². The zero-order chi connectivity index (χ0) is 15.3. The molecule has 20 heavy (non-hydrogen) atoms. The lowest BCUT2D eigenvalue weighted by Crippen LogP contribution is -2.30. The van der Waals surface area contributed by atoms with Crippen molar-refractivity contribution in [1.82, 2.24) is 0 Å². The minimum atomic E-state index is -0.955. The maximum atomic E-state index is 10.1. The van der Waals surface area contributed by atoms with Crippen LogP contribution in [0.15, 0.2) is 0 Å². The number of aliphatic carboxylic acids is 2. The van der Waals surface area contributed by atoms with Crippen molar-refractivity contribution in [3.05, 3.63) is 0 Å². The van der Waals surface area contributed by atoms with Gasteiger partial charge in [-0.2, -0.15) is 0 Å². The molecule has 0 unspecified atom stereocenters. The first-order chi connectivity index (χ1) is 8.86. The van der Waals surface area contributed by atoms with E-state index in [1.807, 2.05) is 0 Å². The number of unbranched alkanes of at least 4 members (excludes halogenated alkanes) is 1. The van der Waals surface area contributed by atoms with E-state index in [9.17, 15) is 9.59 Å². The number of nitrogens with two attached hydrogens (primary N) is 4. The minimum absolute atomic E-state index is 0. The van der Waals surface area contributed by atoms with Gasteiger partial charge in [-0.25, -0.2) is 0 Å². The van der Waals surface area contributed by atoms with Crippen molar-refractivity contribution >= 4 is 24.3 Å². The van der Waals surface area contributed by atoms with E-state index >= 15 is 0 Å². The minimum Gasteiger partial charge on any atom is -0.480 e. The molecule has 0 aromatic carbocycles. The molecule has 0 saturated carbocycles. The third kappa shape index (κ3) is 17.1. The molecule has 2 atom stereocenters. The van der Waals surface area contributed by atoms with Gasteiger partial charge in [-0.05, 0) is 38.8 Å². The van der Waals surface area contributed by atoms with Crippen molar-refractivity contribution in [2.24, 2.45) is 22.9 Å². The Labute approximate surface area is 125 Å². The highest BCUT2D eigenvalue weighted by Crippen LogP contribution is 1.97. The zero-order valence-corrected chi connectivity index (χ0v) is 12.3. The Balaban J connectivity index is -0.000000277. The molecular weight excluding hydrogens is 288 g/mol. The smallest absolute Gasteiger partial charge is 0.320 e. The number of carboxylic acid groups (broad SMARTS) is 2. The summed E-state index contributed by atoms with van der Waals surface area (Å²) in [4.78, 5) is 20.2. The van der Waals surface area contributed by atoms with E-state index in [4.69, 9.17) is 33.1 Å². The average Bonchev–Trinajstić information content (AvgIpc) is 2.36. The molecule has 0 spiro atoms. The van der Waals surface area contributed by atoms with Crippen LogP contribution in [0.2, 0.25) is 0 Å². The Morgan fingerprint density at radius 1 is 0.800 bits per heavy atom. The van der Waals surface area contributed by atoms with E-state index in [1.54, 1.807) is 0 Å². The Bertz CT molecular complexity index is 257. The first kappa shape index (κ1) is 24.1. The molecule has 10 N–H and O–H groups in total. The summed E-state index contributed by atoms with van der Waals surface area (Å²) in [5.74, 6) is -1.89. The fourth-order valence-electron chi connectivity index (χ4n) is 1.09. The summed E-state index contributed by atoms with van der Waals surface area (Å²) in [5.41, 5.74) is 20.7. The number of rotatable bonds is 9. The molecule has 0 aromatic heterocycles. The average molecular weight is 315 g/mol. The Morgan fingerprint density at radius 3 is 1.45 bits per heavy atom. The van der Waals surface area contributed by atoms with Crippen molar-refractivity contribution in [2.45, 2.75) is 44.2 Å². The maximum absolute atomic E-state index is 10.1. The summed E-state index contributed by atoms with van der Waals surface area (Å²) in [5, 5.41) is 16.6. The van der Waals surface area contributed by atoms with Crippen LogP contribution in [0.4, 0.5) is 0 Å². The number of hydrogen-bond acceptors (Lipinski definition) is 6. The second kappa shape index (κ2) is 16.1. The molecule has 8 nitrogen and oxygen atoms in total. The van der Waals surface area contributed by atoms with Crippen molar-refractivity contribution in [1.29, 1.82) is 0 Å². The fourth-order valence-corrected chi connectivity index (χ4v) is 1.09. The van der Waals surface area contributed by atoms with Crippen LogP contribution in [0.1, 0.15) is 32.1 Å². The van der Waals surface area contributed by atoms with E-state index in [0.29, 0.717) is 32.4 Å². The number of hydrogen-bond donors (Lipinski definition) is 6. The van der Waals surface area contributed by atoms with Gasteiger partial charge in [-0.3, -0.25) is 9.59 Å². The van der Waals surface area contributed by atoms with Crippen LogP contribution < -0.4 is 22.9 Å². The molecule has 0 rings (SSSR count). The first-order valence-electron chi connectivity index (χ1n) is 6.23. The lowest BCUT2D eigenvalue weighted by Gasteiger charge is -2.03. The van der Waals surface area contributed by atoms with Gasteiger partial charge in [-0.15, -0.1) is 12.4 Å². The Hall–Kier alpha value is -0.930. The molecule has 0 heterocycles. The van der Waals surface area contributed by atoms with Crippen molar-refractivity contribution in [3.8, 4) is 0 Å². The second-order valence-electron chi connectivity index (χ2n) is 4.10. The van der Waals surface area contributed by atoms with Crippen LogP contribution in [0.3, 0.4) is 0 Å². The van der Waals surface area contributed by atoms with Gasteiger partial charge in [0, 0.05) is 0 Å². The highest BCUT2D eigenvalue weighted by molar-refractivity contribution is 5.85. The van der Waals surface area contributed by atoms with Crippen molar-refractivity contribution in [3.63, 3.8) is 0 Å². The second-order valence-corrected chi connectivity index (χ2v) is 4.10. The summed E-state index contributed by atoms with van der Waals surface area (Å²) in [6, 6.07) is -1.46. The third-order valence-electron chi connectivity index (χ3n) is 2.32. The summed E-state index contributed by atoms with van der Waals surface area (Å²) in [7, 11) is 0. The largest absolute Gasteiger partial charge is 0.480 e. The van der Waals surface area contributed by atoms with E-state index in [-0.39, 0.29) is 12.4 Å². The molecule has 9 heteroatoms. The Kier molecular flexibility index (Phi) is 19.4. The predicted molar refractivity (Wildman–Crippen MR) is 79.7 cm³/mol. The van der Waals surface area contributed by atoms with E-state index < -0.39 is 24.0 Å². The fraction of sp³-hybridized carbons (Fsp3) is 0.818. The zero-order valence-electron chi connectivity index (χ0n) is 11.5. The molecule has 0 aliphatic heterocycles. The molecule has 0 saturated heterocycles. The van der Waals surface area contributed by atoms with Gasteiger partial charge in [-0.1, -0.05) is 6.42 Å². The van der Waals surface area contributed by atoms with Crippen molar-refractivity contribution in [2.75, 3.05) is 13.1 Å². The number of carboxylic acids is 2. The summed E-state index contributed by atoms with van der Waals surface area (Å²) < 4.78 is 0. The molecule has 0 aromatic rings. The molecule has 0 aliphatic carbocycles. The molecule has 122 valence electrons. The predicted octanol–water partition coefficient (Wildman–Crippen LogP) is -0.914. The van der Waals surface area contributed by atoms with Gasteiger partial charge in [0.2, 0.25) is 0 Å². The van der Waals surface area contributed by atoms with Crippen LogP contribution in [0.5, 0.6) is 0 Å². The molecule has 0 amide bonds. The molecule has 0 aliphatic rings.